The Bertz CT molecular complexity index is 749. The predicted molar refractivity (Wildman–Crippen MR) is 131 cm³/mol. The summed E-state index contributed by atoms with van der Waals surface area (Å²) in [6, 6.07) is 7.08. The van der Waals surface area contributed by atoms with Gasteiger partial charge in [0.2, 0.25) is 11.8 Å². The molecule has 0 aliphatic rings. The van der Waals surface area contributed by atoms with Crippen molar-refractivity contribution < 1.29 is 19.1 Å². The summed E-state index contributed by atoms with van der Waals surface area (Å²) in [6.45, 7) is 12.9. The van der Waals surface area contributed by atoms with Gasteiger partial charge in [-0.25, -0.2) is 4.79 Å². The van der Waals surface area contributed by atoms with Crippen molar-refractivity contribution in [1.82, 2.24) is 15.5 Å². The number of carbonyl (C=O) groups is 3. The Morgan fingerprint density at radius 2 is 1.66 bits per heavy atom. The highest BCUT2D eigenvalue weighted by Crippen LogP contribution is 2.25. The molecule has 0 fully saturated rings. The third-order valence-electron chi connectivity index (χ3n) is 4.73. The minimum atomic E-state index is -0.942. The minimum Gasteiger partial charge on any atom is -0.444 e. The Morgan fingerprint density at radius 3 is 2.12 bits per heavy atom. The van der Waals surface area contributed by atoms with Crippen LogP contribution >= 0.6 is 12.6 Å². The zero-order valence-electron chi connectivity index (χ0n) is 20.3. The van der Waals surface area contributed by atoms with Gasteiger partial charge in [0, 0.05) is 17.8 Å². The van der Waals surface area contributed by atoms with Crippen LogP contribution in [-0.2, 0) is 14.3 Å². The van der Waals surface area contributed by atoms with Crippen LogP contribution in [-0.4, -0.2) is 52.3 Å². The van der Waals surface area contributed by atoms with E-state index in [1.165, 1.54) is 4.90 Å². The Labute approximate surface area is 198 Å². The second-order valence-corrected chi connectivity index (χ2v) is 9.60. The molecule has 1 aromatic rings. The molecular formula is C24H39N3O4S. The van der Waals surface area contributed by atoms with Gasteiger partial charge in [0.1, 0.15) is 17.7 Å². The van der Waals surface area contributed by atoms with E-state index in [0.717, 1.165) is 12.8 Å². The first-order valence-corrected chi connectivity index (χ1v) is 11.8. The zero-order chi connectivity index (χ0) is 24.5. The fraction of sp³-hybridized carbons (Fsp3) is 0.625. The monoisotopic (exact) mass is 465 g/mol. The standard InChI is InChI=1S/C24H39N3O4S/c1-8-12-17(4)25-21(28)20(18-13-10-9-11-14-18)27(16(2)3)22(29)19(15-32)26-23(30)31-24(5,6)7/h9-11,13-14,16-17,19-20,32H,8,12,15H2,1-7H3,(H,25,28)(H,26,30). The van der Waals surface area contributed by atoms with Crippen LogP contribution in [0.2, 0.25) is 0 Å². The lowest BCUT2D eigenvalue weighted by Crippen LogP contribution is -2.56. The normalized spacial score (nSPS) is 14.3. The van der Waals surface area contributed by atoms with Gasteiger partial charge in [-0.2, -0.15) is 12.6 Å². The predicted octanol–water partition coefficient (Wildman–Crippen LogP) is 4.09. The average Bonchev–Trinajstić information content (AvgIpc) is 2.68. The number of ether oxygens (including phenoxy) is 1. The highest BCUT2D eigenvalue weighted by atomic mass is 32.1. The van der Waals surface area contributed by atoms with Crippen LogP contribution in [0.5, 0.6) is 0 Å². The van der Waals surface area contributed by atoms with E-state index in [4.69, 9.17) is 4.74 Å². The van der Waals surface area contributed by atoms with Crippen LogP contribution in [0.25, 0.3) is 0 Å². The molecule has 0 aliphatic carbocycles. The molecule has 8 heteroatoms. The van der Waals surface area contributed by atoms with Crippen molar-refractivity contribution in [3.63, 3.8) is 0 Å². The summed E-state index contributed by atoms with van der Waals surface area (Å²) >= 11 is 4.28. The molecule has 2 N–H and O–H groups in total. The van der Waals surface area contributed by atoms with Crippen molar-refractivity contribution in [3.05, 3.63) is 35.9 Å². The Hall–Kier alpha value is -2.22. The third-order valence-corrected chi connectivity index (χ3v) is 5.10. The van der Waals surface area contributed by atoms with Gasteiger partial charge >= 0.3 is 6.09 Å². The smallest absolute Gasteiger partial charge is 0.408 e. The first kappa shape index (κ1) is 27.8. The summed E-state index contributed by atoms with van der Waals surface area (Å²) in [6.07, 6.45) is 1.07. The second kappa shape index (κ2) is 12.7. The summed E-state index contributed by atoms with van der Waals surface area (Å²) in [5.74, 6) is -0.584. The maximum Gasteiger partial charge on any atom is 0.408 e. The van der Waals surface area contributed by atoms with Gasteiger partial charge in [-0.1, -0.05) is 43.7 Å². The lowest BCUT2D eigenvalue weighted by molar-refractivity contribution is -0.144. The van der Waals surface area contributed by atoms with Gasteiger partial charge in [0.05, 0.1) is 0 Å². The first-order chi connectivity index (χ1) is 14.9. The summed E-state index contributed by atoms with van der Waals surface area (Å²) < 4.78 is 5.30. The molecule has 0 saturated carbocycles. The molecular weight excluding hydrogens is 426 g/mol. The van der Waals surface area contributed by atoms with E-state index >= 15 is 0 Å². The van der Waals surface area contributed by atoms with E-state index < -0.39 is 29.7 Å². The van der Waals surface area contributed by atoms with Crippen LogP contribution in [0, 0.1) is 0 Å². The Balaban J connectivity index is 3.27. The highest BCUT2D eigenvalue weighted by Gasteiger charge is 2.37. The number of alkyl carbamates (subject to hydrolysis) is 1. The van der Waals surface area contributed by atoms with E-state index in [-0.39, 0.29) is 23.7 Å². The van der Waals surface area contributed by atoms with Gasteiger partial charge < -0.3 is 20.3 Å². The van der Waals surface area contributed by atoms with Gasteiger partial charge in [-0.3, -0.25) is 9.59 Å². The van der Waals surface area contributed by atoms with Crippen molar-refractivity contribution in [1.29, 1.82) is 0 Å². The summed E-state index contributed by atoms with van der Waals surface area (Å²) in [7, 11) is 0. The van der Waals surface area contributed by atoms with Crippen LogP contribution in [0.4, 0.5) is 4.79 Å². The van der Waals surface area contributed by atoms with Crippen molar-refractivity contribution in [2.75, 3.05) is 5.75 Å². The SMILES string of the molecule is CCCC(C)NC(=O)C(c1ccccc1)N(C(=O)C(CS)NC(=O)OC(C)(C)C)C(C)C. The van der Waals surface area contributed by atoms with E-state index in [2.05, 4.69) is 30.2 Å². The molecule has 3 atom stereocenters. The molecule has 3 unspecified atom stereocenters. The molecule has 0 aliphatic heterocycles. The number of rotatable bonds is 10. The molecule has 3 amide bonds. The van der Waals surface area contributed by atoms with E-state index in [9.17, 15) is 14.4 Å². The number of benzene rings is 1. The topological polar surface area (TPSA) is 87.7 Å². The highest BCUT2D eigenvalue weighted by molar-refractivity contribution is 7.80. The van der Waals surface area contributed by atoms with Crippen LogP contribution < -0.4 is 10.6 Å². The van der Waals surface area contributed by atoms with Crippen LogP contribution in [0.1, 0.15) is 72.9 Å². The van der Waals surface area contributed by atoms with Crippen molar-refractivity contribution in [3.8, 4) is 0 Å². The molecule has 1 aromatic carbocycles. The molecule has 7 nitrogen and oxygen atoms in total. The lowest BCUT2D eigenvalue weighted by Gasteiger charge is -2.37. The Morgan fingerprint density at radius 1 is 1.06 bits per heavy atom. The van der Waals surface area contributed by atoms with Gasteiger partial charge in [-0.05, 0) is 53.5 Å². The molecule has 0 bridgehead atoms. The number of amides is 3. The fourth-order valence-electron chi connectivity index (χ4n) is 3.40. The van der Waals surface area contributed by atoms with Crippen LogP contribution in [0.15, 0.2) is 30.3 Å². The third kappa shape index (κ3) is 8.73. The number of carbonyl (C=O) groups excluding carboxylic acids is 3. The van der Waals surface area contributed by atoms with Crippen molar-refractivity contribution >= 4 is 30.5 Å². The lowest BCUT2D eigenvalue weighted by atomic mass is 10.0. The van der Waals surface area contributed by atoms with Crippen molar-refractivity contribution in [2.24, 2.45) is 0 Å². The molecule has 0 spiro atoms. The number of nitrogens with zero attached hydrogens (tertiary/aromatic N) is 1. The van der Waals surface area contributed by atoms with Gasteiger partial charge in [0.25, 0.3) is 0 Å². The van der Waals surface area contributed by atoms with Gasteiger partial charge in [0.15, 0.2) is 0 Å². The average molecular weight is 466 g/mol. The zero-order valence-corrected chi connectivity index (χ0v) is 21.2. The molecule has 0 radical (unpaired) electrons. The summed E-state index contributed by atoms with van der Waals surface area (Å²) in [5, 5.41) is 5.64. The molecule has 1 rings (SSSR count). The molecule has 0 saturated heterocycles. The molecule has 180 valence electrons. The van der Waals surface area contributed by atoms with E-state index in [1.54, 1.807) is 20.8 Å². The number of hydrogen-bond acceptors (Lipinski definition) is 5. The quantitative estimate of drug-likeness (QED) is 0.454. The molecule has 0 aromatic heterocycles. The first-order valence-electron chi connectivity index (χ1n) is 11.2. The maximum absolute atomic E-state index is 13.6. The van der Waals surface area contributed by atoms with Crippen LogP contribution in [0.3, 0.4) is 0 Å². The summed E-state index contributed by atoms with van der Waals surface area (Å²) in [5.41, 5.74) is -0.000569. The van der Waals surface area contributed by atoms with Gasteiger partial charge in [-0.15, -0.1) is 0 Å². The van der Waals surface area contributed by atoms with E-state index in [0.29, 0.717) is 5.56 Å². The number of nitrogens with one attached hydrogen (secondary N) is 2. The number of thiol groups is 1. The van der Waals surface area contributed by atoms with E-state index in [1.807, 2.05) is 51.1 Å². The second-order valence-electron chi connectivity index (χ2n) is 9.23. The van der Waals surface area contributed by atoms with Crippen molar-refractivity contribution in [2.45, 2.75) is 91.1 Å². The maximum atomic E-state index is 13.6. The molecule has 0 heterocycles. The fourth-order valence-corrected chi connectivity index (χ4v) is 3.64. The minimum absolute atomic E-state index is 0.0246. The molecule has 32 heavy (non-hydrogen) atoms. The largest absolute Gasteiger partial charge is 0.444 e. The summed E-state index contributed by atoms with van der Waals surface area (Å²) in [4.78, 5) is 40.8. The number of hydrogen-bond donors (Lipinski definition) is 3. The Kier molecular flexibility index (Phi) is 11.1.